The average Bonchev–Trinajstić information content (AvgIpc) is 3.43. The van der Waals surface area contributed by atoms with Crippen LogP contribution in [0.4, 0.5) is 5.13 Å². The zero-order valence-electron chi connectivity index (χ0n) is 18.7. The van der Waals surface area contributed by atoms with Crippen LogP contribution in [-0.2, 0) is 16.6 Å². The van der Waals surface area contributed by atoms with E-state index in [-0.39, 0.29) is 17.5 Å². The van der Waals surface area contributed by atoms with E-state index >= 15 is 0 Å². The first-order valence-electron chi connectivity index (χ1n) is 10.5. The molecule has 4 aromatic rings. The number of halogens is 2. The number of thiophene rings is 1. The topological polar surface area (TPSA) is 79.4 Å². The lowest BCUT2D eigenvalue weighted by atomic mass is 10.2. The summed E-state index contributed by atoms with van der Waals surface area (Å²) in [6.07, 6.45) is 0. The zero-order chi connectivity index (χ0) is 25.2. The highest BCUT2D eigenvalue weighted by Gasteiger charge is 2.27. The molecule has 35 heavy (non-hydrogen) atoms. The number of nitrogens with zero attached hydrogens (tertiary/aromatic N) is 2. The molecule has 2 heterocycles. The van der Waals surface area contributed by atoms with Gasteiger partial charge in [0.25, 0.3) is 5.91 Å². The molecular weight excluding hydrogens is 545 g/mol. The summed E-state index contributed by atoms with van der Waals surface area (Å²) in [4.78, 5) is 17.3. The average molecular weight is 567 g/mol. The molecule has 0 saturated carbocycles. The van der Waals surface area contributed by atoms with Crippen molar-refractivity contribution in [1.82, 2.24) is 9.29 Å². The summed E-state index contributed by atoms with van der Waals surface area (Å²) in [6.45, 7) is 3.93. The molecular formula is C24H21Cl2N3O3S3. The molecule has 1 N–H and O–H groups in total. The van der Waals surface area contributed by atoms with Gasteiger partial charge in [-0.05, 0) is 49.7 Å². The van der Waals surface area contributed by atoms with Gasteiger partial charge in [-0.3, -0.25) is 10.1 Å². The predicted octanol–water partition coefficient (Wildman–Crippen LogP) is 7.03. The Morgan fingerprint density at radius 2 is 1.77 bits per heavy atom. The highest BCUT2D eigenvalue weighted by Crippen LogP contribution is 2.39. The van der Waals surface area contributed by atoms with Gasteiger partial charge in [0.15, 0.2) is 5.13 Å². The van der Waals surface area contributed by atoms with Crippen LogP contribution in [0.2, 0.25) is 8.67 Å². The minimum absolute atomic E-state index is 0.124. The van der Waals surface area contributed by atoms with Crippen LogP contribution in [0.15, 0.2) is 70.9 Å². The van der Waals surface area contributed by atoms with Crippen molar-refractivity contribution in [1.29, 1.82) is 0 Å². The highest BCUT2D eigenvalue weighted by atomic mass is 35.5. The van der Waals surface area contributed by atoms with Crippen molar-refractivity contribution in [3.8, 4) is 11.3 Å². The van der Waals surface area contributed by atoms with E-state index in [1.54, 1.807) is 11.4 Å². The van der Waals surface area contributed by atoms with E-state index in [9.17, 15) is 13.2 Å². The molecule has 0 fully saturated rings. The zero-order valence-corrected chi connectivity index (χ0v) is 22.7. The lowest BCUT2D eigenvalue weighted by molar-refractivity contribution is 0.102. The number of anilines is 1. The van der Waals surface area contributed by atoms with Gasteiger partial charge < -0.3 is 0 Å². The van der Waals surface area contributed by atoms with Gasteiger partial charge >= 0.3 is 0 Å². The number of carbonyl (C=O) groups excluding carboxylic acids is 1. The normalized spacial score (nSPS) is 11.8. The summed E-state index contributed by atoms with van der Waals surface area (Å²) in [5.74, 6) is -0.394. The Hall–Kier alpha value is -2.27. The van der Waals surface area contributed by atoms with E-state index in [2.05, 4.69) is 10.3 Å². The predicted molar refractivity (Wildman–Crippen MR) is 144 cm³/mol. The Morgan fingerprint density at radius 1 is 1.09 bits per heavy atom. The summed E-state index contributed by atoms with van der Waals surface area (Å²) in [7, 11) is -3.76. The molecule has 0 aliphatic carbocycles. The molecule has 1 amide bonds. The van der Waals surface area contributed by atoms with Gasteiger partial charge in [-0.2, -0.15) is 4.31 Å². The number of sulfonamides is 1. The van der Waals surface area contributed by atoms with Crippen LogP contribution in [0.3, 0.4) is 0 Å². The molecule has 0 atom stereocenters. The quantitative estimate of drug-likeness (QED) is 0.248. The Kier molecular flexibility index (Phi) is 7.95. The number of aromatic nitrogens is 1. The Balaban J connectivity index is 1.49. The summed E-state index contributed by atoms with van der Waals surface area (Å²) in [5, 5.41) is 4.92. The third-order valence-corrected chi connectivity index (χ3v) is 9.42. The van der Waals surface area contributed by atoms with Gasteiger partial charge in [0, 0.05) is 29.1 Å². The molecule has 2 aromatic carbocycles. The molecule has 4 rings (SSSR count). The van der Waals surface area contributed by atoms with E-state index in [1.165, 1.54) is 51.2 Å². The molecule has 0 spiro atoms. The number of carbonyl (C=O) groups is 1. The maximum absolute atomic E-state index is 13.3. The van der Waals surface area contributed by atoms with E-state index in [0.717, 1.165) is 5.56 Å². The number of thiazole rings is 1. The third-order valence-electron chi connectivity index (χ3n) is 5.14. The standard InChI is InChI=1S/C24H21Cl2N3O3S3/c1-15(2)29(13-16-6-4-3-5-7-16)35(31,32)18-10-8-17(9-11-18)23(30)28-24-27-20(14-33-24)19-12-21(25)34-22(19)26/h3-12,14-15H,13H2,1-2H3,(H,27,28,30). The van der Waals surface area contributed by atoms with Crippen molar-refractivity contribution in [3.05, 3.63) is 85.8 Å². The van der Waals surface area contributed by atoms with E-state index in [0.29, 0.717) is 30.6 Å². The molecule has 0 saturated heterocycles. The maximum Gasteiger partial charge on any atom is 0.257 e. The third kappa shape index (κ3) is 5.94. The van der Waals surface area contributed by atoms with Gasteiger partial charge in [-0.25, -0.2) is 13.4 Å². The molecule has 0 aliphatic heterocycles. The first-order chi connectivity index (χ1) is 16.6. The monoisotopic (exact) mass is 565 g/mol. The van der Waals surface area contributed by atoms with Gasteiger partial charge in [-0.1, -0.05) is 53.5 Å². The lowest BCUT2D eigenvalue weighted by Crippen LogP contribution is -2.36. The van der Waals surface area contributed by atoms with Crippen LogP contribution in [0.1, 0.15) is 29.8 Å². The van der Waals surface area contributed by atoms with Crippen LogP contribution < -0.4 is 5.32 Å². The van der Waals surface area contributed by atoms with Crippen molar-refractivity contribution in [2.24, 2.45) is 0 Å². The summed E-state index contributed by atoms with van der Waals surface area (Å²) in [6, 6.07) is 16.8. The van der Waals surface area contributed by atoms with Gasteiger partial charge in [0.05, 0.1) is 14.9 Å². The smallest absolute Gasteiger partial charge is 0.257 e. The minimum Gasteiger partial charge on any atom is -0.298 e. The van der Waals surface area contributed by atoms with Gasteiger partial charge in [-0.15, -0.1) is 22.7 Å². The molecule has 11 heteroatoms. The number of hydrogen-bond donors (Lipinski definition) is 1. The van der Waals surface area contributed by atoms with E-state index < -0.39 is 15.9 Å². The van der Waals surface area contributed by atoms with Crippen molar-refractivity contribution in [3.63, 3.8) is 0 Å². The van der Waals surface area contributed by atoms with Crippen LogP contribution in [0, 0.1) is 0 Å². The van der Waals surface area contributed by atoms with Crippen molar-refractivity contribution in [2.75, 3.05) is 5.32 Å². The SMILES string of the molecule is CC(C)N(Cc1ccccc1)S(=O)(=O)c1ccc(C(=O)Nc2nc(-c3cc(Cl)sc3Cl)cs2)cc1. The minimum atomic E-state index is -3.76. The molecule has 0 aliphatic rings. The fourth-order valence-electron chi connectivity index (χ4n) is 3.36. The summed E-state index contributed by atoms with van der Waals surface area (Å²) < 4.78 is 29.2. The molecule has 0 radical (unpaired) electrons. The summed E-state index contributed by atoms with van der Waals surface area (Å²) >= 11 is 14.7. The van der Waals surface area contributed by atoms with Crippen LogP contribution in [0.25, 0.3) is 11.3 Å². The highest BCUT2D eigenvalue weighted by molar-refractivity contribution is 7.89. The van der Waals surface area contributed by atoms with Crippen molar-refractivity contribution < 1.29 is 13.2 Å². The molecule has 2 aromatic heterocycles. The number of benzene rings is 2. The van der Waals surface area contributed by atoms with Crippen LogP contribution >= 0.6 is 45.9 Å². The van der Waals surface area contributed by atoms with E-state index in [1.807, 2.05) is 44.2 Å². The molecule has 182 valence electrons. The molecule has 6 nitrogen and oxygen atoms in total. The number of rotatable bonds is 8. The lowest BCUT2D eigenvalue weighted by Gasteiger charge is -2.26. The fraction of sp³-hybridized carbons (Fsp3) is 0.167. The maximum atomic E-state index is 13.3. The van der Waals surface area contributed by atoms with Crippen molar-refractivity contribution >= 4 is 66.9 Å². The van der Waals surface area contributed by atoms with E-state index in [4.69, 9.17) is 23.2 Å². The Bertz CT molecular complexity index is 1430. The summed E-state index contributed by atoms with van der Waals surface area (Å²) in [5.41, 5.74) is 2.54. The van der Waals surface area contributed by atoms with Gasteiger partial charge in [0.1, 0.15) is 4.34 Å². The van der Waals surface area contributed by atoms with Crippen LogP contribution in [0.5, 0.6) is 0 Å². The van der Waals surface area contributed by atoms with Gasteiger partial charge in [0.2, 0.25) is 10.0 Å². The second-order valence-corrected chi connectivity index (χ2v) is 12.9. The van der Waals surface area contributed by atoms with Crippen molar-refractivity contribution in [2.45, 2.75) is 31.3 Å². The largest absolute Gasteiger partial charge is 0.298 e. The molecule has 0 unspecified atom stereocenters. The number of amides is 1. The van der Waals surface area contributed by atoms with Crippen LogP contribution in [-0.4, -0.2) is 29.7 Å². The first-order valence-corrected chi connectivity index (χ1v) is 14.4. The second kappa shape index (κ2) is 10.8. The first kappa shape index (κ1) is 25.8. The Morgan fingerprint density at radius 3 is 2.37 bits per heavy atom. The molecule has 0 bridgehead atoms. The number of hydrogen-bond acceptors (Lipinski definition) is 6. The second-order valence-electron chi connectivity index (χ2n) is 7.88. The number of nitrogens with one attached hydrogen (secondary N) is 1. The fourth-order valence-corrected chi connectivity index (χ4v) is 7.17. The Labute approximate surface area is 222 Å².